The highest BCUT2D eigenvalue weighted by Gasteiger charge is 2.34. The number of nitriles is 1. The van der Waals surface area contributed by atoms with Crippen molar-refractivity contribution in [3.05, 3.63) is 29.8 Å². The third kappa shape index (κ3) is 4.04. The third-order valence-corrected chi connectivity index (χ3v) is 4.95. The van der Waals surface area contributed by atoms with Crippen LogP contribution in [0.15, 0.2) is 24.3 Å². The van der Waals surface area contributed by atoms with Crippen molar-refractivity contribution >= 4 is 0 Å². The Kier molecular flexibility index (Phi) is 5.53. The summed E-state index contributed by atoms with van der Waals surface area (Å²) in [5, 5.41) is 9.58. The summed E-state index contributed by atoms with van der Waals surface area (Å²) in [7, 11) is 0. The van der Waals surface area contributed by atoms with Crippen LogP contribution in [-0.2, 0) is 10.2 Å². The van der Waals surface area contributed by atoms with E-state index < -0.39 is 5.41 Å². The van der Waals surface area contributed by atoms with Crippen LogP contribution in [0.5, 0.6) is 5.75 Å². The summed E-state index contributed by atoms with van der Waals surface area (Å²) in [4.78, 5) is 2.51. The van der Waals surface area contributed by atoms with Crippen LogP contribution < -0.4 is 4.74 Å². The average Bonchev–Trinajstić information content (AvgIpc) is 3.13. The highest BCUT2D eigenvalue weighted by molar-refractivity contribution is 5.37. The van der Waals surface area contributed by atoms with Crippen molar-refractivity contribution in [3.8, 4) is 11.8 Å². The molecule has 2 heterocycles. The van der Waals surface area contributed by atoms with Crippen LogP contribution in [0.1, 0.15) is 37.7 Å². The van der Waals surface area contributed by atoms with Crippen LogP contribution in [0.3, 0.4) is 0 Å². The lowest BCUT2D eigenvalue weighted by atomic mass is 9.77. The van der Waals surface area contributed by atoms with Crippen LogP contribution in [0, 0.1) is 11.3 Å². The van der Waals surface area contributed by atoms with Gasteiger partial charge in [0.25, 0.3) is 0 Å². The average molecular weight is 314 g/mol. The zero-order valence-electron chi connectivity index (χ0n) is 13.8. The molecule has 1 aromatic rings. The van der Waals surface area contributed by atoms with Gasteiger partial charge in [-0.25, -0.2) is 0 Å². The smallest absolute Gasteiger partial charge is 0.119 e. The summed E-state index contributed by atoms with van der Waals surface area (Å²) in [6.07, 6.45) is 5.57. The van der Waals surface area contributed by atoms with E-state index in [0.717, 1.165) is 50.3 Å². The fourth-order valence-corrected chi connectivity index (χ4v) is 3.53. The molecule has 1 aromatic carbocycles. The molecule has 1 atom stereocenters. The van der Waals surface area contributed by atoms with Crippen molar-refractivity contribution in [1.29, 1.82) is 5.26 Å². The Hall–Kier alpha value is -1.57. The van der Waals surface area contributed by atoms with Crippen molar-refractivity contribution in [2.24, 2.45) is 0 Å². The van der Waals surface area contributed by atoms with Gasteiger partial charge in [-0.1, -0.05) is 12.1 Å². The second-order valence-electron chi connectivity index (χ2n) is 6.63. The molecule has 124 valence electrons. The van der Waals surface area contributed by atoms with Gasteiger partial charge in [-0.2, -0.15) is 5.26 Å². The zero-order chi connectivity index (χ0) is 16.0. The summed E-state index contributed by atoms with van der Waals surface area (Å²) in [5.74, 6) is 0.889. The number of ether oxygens (including phenoxy) is 2. The third-order valence-electron chi connectivity index (χ3n) is 4.95. The van der Waals surface area contributed by atoms with E-state index in [-0.39, 0.29) is 0 Å². The van der Waals surface area contributed by atoms with Gasteiger partial charge in [-0.15, -0.1) is 0 Å². The standard InChI is InChI=1S/C19H26N2O2/c20-15-19(9-3-13-22-16-19)17-5-7-18(8-6-17)23-14-4-12-21-10-1-2-11-21/h5-8H,1-4,9-14,16H2. The summed E-state index contributed by atoms with van der Waals surface area (Å²) < 4.78 is 11.4. The fraction of sp³-hybridized carbons (Fsp3) is 0.632. The van der Waals surface area contributed by atoms with Gasteiger partial charge in [0.1, 0.15) is 11.2 Å². The van der Waals surface area contributed by atoms with Crippen LogP contribution in [0.2, 0.25) is 0 Å². The maximum absolute atomic E-state index is 9.58. The zero-order valence-corrected chi connectivity index (χ0v) is 13.8. The molecule has 0 N–H and O–H groups in total. The number of hydrogen-bond acceptors (Lipinski definition) is 4. The van der Waals surface area contributed by atoms with Gasteiger partial charge in [-0.3, -0.25) is 0 Å². The highest BCUT2D eigenvalue weighted by Crippen LogP contribution is 2.33. The van der Waals surface area contributed by atoms with E-state index in [9.17, 15) is 5.26 Å². The van der Waals surface area contributed by atoms with E-state index in [2.05, 4.69) is 11.0 Å². The molecule has 4 heteroatoms. The maximum atomic E-state index is 9.58. The SMILES string of the molecule is N#CC1(c2ccc(OCCCN3CCCC3)cc2)CCCOC1. The molecule has 0 aromatic heterocycles. The molecule has 23 heavy (non-hydrogen) atoms. The molecule has 0 bridgehead atoms. The quantitative estimate of drug-likeness (QED) is 0.757. The predicted molar refractivity (Wildman–Crippen MR) is 89.6 cm³/mol. The Morgan fingerprint density at radius 1 is 1.17 bits per heavy atom. The molecule has 0 amide bonds. The molecule has 2 fully saturated rings. The van der Waals surface area contributed by atoms with E-state index in [1.54, 1.807) is 0 Å². The molecule has 0 radical (unpaired) electrons. The fourth-order valence-electron chi connectivity index (χ4n) is 3.53. The normalized spacial score (nSPS) is 25.2. The number of hydrogen-bond donors (Lipinski definition) is 0. The van der Waals surface area contributed by atoms with Gasteiger partial charge < -0.3 is 14.4 Å². The Morgan fingerprint density at radius 3 is 2.61 bits per heavy atom. The first-order chi connectivity index (χ1) is 11.3. The van der Waals surface area contributed by atoms with Gasteiger partial charge in [0.05, 0.1) is 19.3 Å². The summed E-state index contributed by atoms with van der Waals surface area (Å²) in [6.45, 7) is 5.64. The second-order valence-corrected chi connectivity index (χ2v) is 6.63. The molecule has 2 saturated heterocycles. The topological polar surface area (TPSA) is 45.5 Å². The molecule has 4 nitrogen and oxygen atoms in total. The summed E-state index contributed by atoms with van der Waals surface area (Å²) >= 11 is 0. The molecule has 0 aliphatic carbocycles. The summed E-state index contributed by atoms with van der Waals surface area (Å²) in [5.41, 5.74) is 0.566. The first kappa shape index (κ1) is 16.3. The minimum atomic E-state index is -0.480. The molecular weight excluding hydrogens is 288 g/mol. The van der Waals surface area contributed by atoms with Crippen molar-refractivity contribution in [1.82, 2.24) is 4.90 Å². The lowest BCUT2D eigenvalue weighted by Crippen LogP contribution is -2.34. The Morgan fingerprint density at radius 2 is 1.96 bits per heavy atom. The van der Waals surface area contributed by atoms with E-state index >= 15 is 0 Å². The van der Waals surface area contributed by atoms with E-state index in [1.807, 2.05) is 24.3 Å². The van der Waals surface area contributed by atoms with Crippen molar-refractivity contribution in [3.63, 3.8) is 0 Å². The number of rotatable bonds is 6. The van der Waals surface area contributed by atoms with Gasteiger partial charge in [0, 0.05) is 13.2 Å². The Balaban J connectivity index is 1.49. The molecule has 2 aliphatic rings. The van der Waals surface area contributed by atoms with Crippen molar-refractivity contribution in [2.45, 2.75) is 37.5 Å². The van der Waals surface area contributed by atoms with E-state index in [0.29, 0.717) is 6.61 Å². The lowest BCUT2D eigenvalue weighted by molar-refractivity contribution is 0.0562. The van der Waals surface area contributed by atoms with Crippen molar-refractivity contribution < 1.29 is 9.47 Å². The monoisotopic (exact) mass is 314 g/mol. The first-order valence-corrected chi connectivity index (χ1v) is 8.77. The van der Waals surface area contributed by atoms with Crippen molar-refractivity contribution in [2.75, 3.05) is 39.5 Å². The van der Waals surface area contributed by atoms with Crippen LogP contribution in [0.25, 0.3) is 0 Å². The minimum Gasteiger partial charge on any atom is -0.494 e. The minimum absolute atomic E-state index is 0.480. The van der Waals surface area contributed by atoms with Gasteiger partial charge in [0.15, 0.2) is 0 Å². The van der Waals surface area contributed by atoms with E-state index in [4.69, 9.17) is 9.47 Å². The molecule has 0 saturated carbocycles. The van der Waals surface area contributed by atoms with Gasteiger partial charge in [-0.05, 0) is 62.9 Å². The Bertz CT molecular complexity index is 523. The van der Waals surface area contributed by atoms with Crippen LogP contribution in [-0.4, -0.2) is 44.4 Å². The van der Waals surface area contributed by atoms with Gasteiger partial charge >= 0.3 is 0 Å². The van der Waals surface area contributed by atoms with Crippen LogP contribution >= 0.6 is 0 Å². The molecule has 2 aliphatic heterocycles. The predicted octanol–water partition coefficient (Wildman–Crippen LogP) is 3.12. The highest BCUT2D eigenvalue weighted by atomic mass is 16.5. The molecular formula is C19H26N2O2. The second kappa shape index (κ2) is 7.81. The number of nitrogens with zero attached hydrogens (tertiary/aromatic N) is 2. The Labute approximate surface area is 139 Å². The summed E-state index contributed by atoms with van der Waals surface area (Å²) in [6, 6.07) is 10.5. The maximum Gasteiger partial charge on any atom is 0.119 e. The lowest BCUT2D eigenvalue weighted by Gasteiger charge is -2.31. The largest absolute Gasteiger partial charge is 0.494 e. The first-order valence-electron chi connectivity index (χ1n) is 8.77. The van der Waals surface area contributed by atoms with Gasteiger partial charge in [0.2, 0.25) is 0 Å². The molecule has 0 spiro atoms. The molecule has 3 rings (SSSR count). The van der Waals surface area contributed by atoms with Crippen LogP contribution in [0.4, 0.5) is 0 Å². The number of benzene rings is 1. The number of likely N-dealkylation sites (tertiary alicyclic amines) is 1. The van der Waals surface area contributed by atoms with E-state index in [1.165, 1.54) is 25.9 Å². The molecule has 1 unspecified atom stereocenters.